The van der Waals surface area contributed by atoms with Crippen molar-refractivity contribution >= 4 is 34.4 Å². The molecular weight excluding hydrogens is 428 g/mol. The lowest BCUT2D eigenvalue weighted by molar-refractivity contribution is -0.140. The average Bonchev–Trinajstić information content (AvgIpc) is 2.77. The number of carbonyl (C=O) groups is 3. The molecule has 172 valence electrons. The molecule has 10 nitrogen and oxygen atoms in total. The Kier molecular flexibility index (Phi) is 7.39. The summed E-state index contributed by atoms with van der Waals surface area (Å²) in [6, 6.07) is 10.8. The number of anilines is 1. The SMILES string of the molecule is CC(Cc1ccc2nc[nH]c(=O)c2c1)Nc1ccc(C(=O)N[C@@H](CCC(=O)O)C(=O)O)cc1. The zero-order valence-corrected chi connectivity index (χ0v) is 17.9. The predicted octanol–water partition coefficient (Wildman–Crippen LogP) is 2.01. The fourth-order valence-corrected chi connectivity index (χ4v) is 3.42. The third kappa shape index (κ3) is 6.39. The molecule has 2 atom stereocenters. The Morgan fingerprint density at radius 2 is 1.82 bits per heavy atom. The van der Waals surface area contributed by atoms with Gasteiger partial charge < -0.3 is 25.8 Å². The topological polar surface area (TPSA) is 161 Å². The number of carboxylic acids is 2. The standard InChI is InChI=1S/C23H24N4O6/c1-13(10-14-2-7-18-17(11-14)22(31)25-12-24-18)26-16-5-3-15(4-6-16)21(30)27-19(23(32)33)8-9-20(28)29/h2-7,11-13,19,26H,8-10H2,1H3,(H,27,30)(H,28,29)(H,32,33)(H,24,25,31)/t13?,19-/m0/s1. The summed E-state index contributed by atoms with van der Waals surface area (Å²) in [5.74, 6) is -3.02. The Balaban J connectivity index is 1.60. The van der Waals surface area contributed by atoms with E-state index in [1.54, 1.807) is 30.3 Å². The molecule has 0 aliphatic carbocycles. The normalized spacial score (nSPS) is 12.6. The molecule has 0 aliphatic heterocycles. The number of nitrogens with one attached hydrogen (secondary N) is 3. The molecule has 2 aromatic carbocycles. The number of carboxylic acid groups (broad SMARTS) is 2. The van der Waals surface area contributed by atoms with E-state index in [1.165, 1.54) is 6.33 Å². The number of aromatic amines is 1. The van der Waals surface area contributed by atoms with Crippen molar-refractivity contribution in [2.75, 3.05) is 5.32 Å². The van der Waals surface area contributed by atoms with Crippen molar-refractivity contribution in [2.24, 2.45) is 0 Å². The van der Waals surface area contributed by atoms with Crippen LogP contribution in [0.25, 0.3) is 10.9 Å². The number of nitrogens with zero attached hydrogens (tertiary/aromatic N) is 1. The van der Waals surface area contributed by atoms with E-state index in [2.05, 4.69) is 20.6 Å². The zero-order chi connectivity index (χ0) is 24.0. The molecule has 1 amide bonds. The van der Waals surface area contributed by atoms with Gasteiger partial charge in [0.25, 0.3) is 11.5 Å². The molecule has 0 radical (unpaired) electrons. The Morgan fingerprint density at radius 1 is 1.09 bits per heavy atom. The Morgan fingerprint density at radius 3 is 2.48 bits per heavy atom. The van der Waals surface area contributed by atoms with E-state index in [0.29, 0.717) is 17.3 Å². The molecule has 1 heterocycles. The van der Waals surface area contributed by atoms with Gasteiger partial charge in [-0.3, -0.25) is 14.4 Å². The first-order valence-electron chi connectivity index (χ1n) is 10.3. The van der Waals surface area contributed by atoms with Crippen molar-refractivity contribution < 1.29 is 24.6 Å². The summed E-state index contributed by atoms with van der Waals surface area (Å²) in [5.41, 5.74) is 2.43. The molecule has 0 saturated heterocycles. The summed E-state index contributed by atoms with van der Waals surface area (Å²) in [4.78, 5) is 52.9. The maximum absolute atomic E-state index is 12.3. The van der Waals surface area contributed by atoms with Crippen molar-refractivity contribution in [3.8, 4) is 0 Å². The number of amides is 1. The molecule has 3 rings (SSSR count). The minimum absolute atomic E-state index is 0.0188. The van der Waals surface area contributed by atoms with Gasteiger partial charge in [-0.25, -0.2) is 9.78 Å². The summed E-state index contributed by atoms with van der Waals surface area (Å²) in [7, 11) is 0. The van der Waals surface area contributed by atoms with Gasteiger partial charge in [0.15, 0.2) is 0 Å². The van der Waals surface area contributed by atoms with E-state index >= 15 is 0 Å². The Hall–Kier alpha value is -4.21. The van der Waals surface area contributed by atoms with Gasteiger partial charge in [0.2, 0.25) is 0 Å². The molecule has 0 aliphatic rings. The molecule has 1 aromatic heterocycles. The number of aliphatic carboxylic acids is 2. The number of aromatic nitrogens is 2. The van der Waals surface area contributed by atoms with Crippen molar-refractivity contribution in [3.63, 3.8) is 0 Å². The highest BCUT2D eigenvalue weighted by molar-refractivity contribution is 5.97. The van der Waals surface area contributed by atoms with Crippen molar-refractivity contribution in [1.82, 2.24) is 15.3 Å². The monoisotopic (exact) mass is 452 g/mol. The van der Waals surface area contributed by atoms with Crippen LogP contribution in [-0.2, 0) is 16.0 Å². The molecular formula is C23H24N4O6. The molecule has 1 unspecified atom stereocenters. The Labute approximate surface area is 188 Å². The highest BCUT2D eigenvalue weighted by Gasteiger charge is 2.21. The van der Waals surface area contributed by atoms with Crippen LogP contribution in [0.4, 0.5) is 5.69 Å². The number of hydrogen-bond donors (Lipinski definition) is 5. The maximum atomic E-state index is 12.3. The number of rotatable bonds is 10. The molecule has 10 heteroatoms. The van der Waals surface area contributed by atoms with E-state index in [9.17, 15) is 24.3 Å². The van der Waals surface area contributed by atoms with Gasteiger partial charge in [0, 0.05) is 23.7 Å². The molecule has 3 aromatic rings. The minimum atomic E-state index is -1.29. The summed E-state index contributed by atoms with van der Waals surface area (Å²) in [6.45, 7) is 1.98. The van der Waals surface area contributed by atoms with Gasteiger partial charge >= 0.3 is 11.9 Å². The second-order valence-electron chi connectivity index (χ2n) is 7.71. The number of hydrogen-bond acceptors (Lipinski definition) is 6. The van der Waals surface area contributed by atoms with Gasteiger partial charge in [0.1, 0.15) is 6.04 Å². The van der Waals surface area contributed by atoms with Crippen LogP contribution in [0.3, 0.4) is 0 Å². The van der Waals surface area contributed by atoms with Crippen LogP contribution in [0, 0.1) is 0 Å². The molecule has 5 N–H and O–H groups in total. The quantitative estimate of drug-likeness (QED) is 0.312. The number of benzene rings is 2. The third-order valence-corrected chi connectivity index (χ3v) is 5.06. The Bertz CT molecular complexity index is 1220. The van der Waals surface area contributed by atoms with Crippen molar-refractivity contribution in [3.05, 3.63) is 70.3 Å². The molecule has 0 saturated carbocycles. The second-order valence-corrected chi connectivity index (χ2v) is 7.71. The van der Waals surface area contributed by atoms with Gasteiger partial charge in [-0.1, -0.05) is 6.07 Å². The van der Waals surface area contributed by atoms with E-state index in [-0.39, 0.29) is 30.0 Å². The molecule has 0 fully saturated rings. The minimum Gasteiger partial charge on any atom is -0.481 e. The van der Waals surface area contributed by atoms with E-state index in [1.807, 2.05) is 19.1 Å². The van der Waals surface area contributed by atoms with E-state index in [0.717, 1.165) is 11.3 Å². The lowest BCUT2D eigenvalue weighted by Crippen LogP contribution is -2.41. The number of fused-ring (bicyclic) bond motifs is 1. The summed E-state index contributed by atoms with van der Waals surface area (Å²) in [5, 5.41) is 24.1. The zero-order valence-electron chi connectivity index (χ0n) is 17.9. The van der Waals surface area contributed by atoms with Crippen LogP contribution in [0.2, 0.25) is 0 Å². The van der Waals surface area contributed by atoms with Crippen LogP contribution in [0.5, 0.6) is 0 Å². The highest BCUT2D eigenvalue weighted by atomic mass is 16.4. The summed E-state index contributed by atoms with van der Waals surface area (Å²) < 4.78 is 0. The first kappa shape index (κ1) is 23.5. The van der Waals surface area contributed by atoms with Crippen LogP contribution < -0.4 is 16.2 Å². The molecule has 33 heavy (non-hydrogen) atoms. The fraction of sp³-hybridized carbons (Fsp3) is 0.261. The van der Waals surface area contributed by atoms with Crippen LogP contribution in [-0.4, -0.2) is 50.1 Å². The lowest BCUT2D eigenvalue weighted by atomic mass is 10.0. The van der Waals surface area contributed by atoms with E-state index < -0.39 is 23.9 Å². The van der Waals surface area contributed by atoms with Crippen LogP contribution >= 0.6 is 0 Å². The molecule has 0 bridgehead atoms. The van der Waals surface area contributed by atoms with Gasteiger partial charge in [0.05, 0.1) is 17.2 Å². The third-order valence-electron chi connectivity index (χ3n) is 5.06. The second kappa shape index (κ2) is 10.4. The highest BCUT2D eigenvalue weighted by Crippen LogP contribution is 2.15. The summed E-state index contributed by atoms with van der Waals surface area (Å²) >= 11 is 0. The predicted molar refractivity (Wildman–Crippen MR) is 121 cm³/mol. The van der Waals surface area contributed by atoms with Crippen LogP contribution in [0.15, 0.2) is 53.6 Å². The lowest BCUT2D eigenvalue weighted by Gasteiger charge is -2.17. The van der Waals surface area contributed by atoms with Crippen molar-refractivity contribution in [1.29, 1.82) is 0 Å². The first-order valence-corrected chi connectivity index (χ1v) is 10.3. The molecule has 0 spiro atoms. The smallest absolute Gasteiger partial charge is 0.326 e. The van der Waals surface area contributed by atoms with Crippen molar-refractivity contribution in [2.45, 2.75) is 38.3 Å². The van der Waals surface area contributed by atoms with Crippen LogP contribution in [0.1, 0.15) is 35.7 Å². The average molecular weight is 452 g/mol. The first-order chi connectivity index (χ1) is 15.7. The van der Waals surface area contributed by atoms with Gasteiger partial charge in [-0.15, -0.1) is 0 Å². The fourth-order valence-electron chi connectivity index (χ4n) is 3.42. The van der Waals surface area contributed by atoms with E-state index in [4.69, 9.17) is 5.11 Å². The van der Waals surface area contributed by atoms with Gasteiger partial charge in [-0.2, -0.15) is 0 Å². The number of H-pyrrole nitrogens is 1. The van der Waals surface area contributed by atoms with Gasteiger partial charge in [-0.05, 0) is 61.7 Å². The largest absolute Gasteiger partial charge is 0.481 e. The summed E-state index contributed by atoms with van der Waals surface area (Å²) in [6.07, 6.45) is 1.46. The maximum Gasteiger partial charge on any atom is 0.326 e. The number of carbonyl (C=O) groups excluding carboxylic acids is 1.